The largest absolute Gasteiger partial charge is 0.469 e. The van der Waals surface area contributed by atoms with Crippen molar-refractivity contribution >= 4 is 33.3 Å². The monoisotopic (exact) mass is 405 g/mol. The number of halogens is 1. The molecule has 2 aromatic rings. The van der Waals surface area contributed by atoms with Crippen LogP contribution in [0.4, 0.5) is 5.69 Å². The first kappa shape index (κ1) is 20.8. The van der Waals surface area contributed by atoms with Crippen LogP contribution in [0.5, 0.6) is 0 Å². The van der Waals surface area contributed by atoms with E-state index in [1.54, 1.807) is 36.4 Å². The second kappa shape index (κ2) is 10.0. The van der Waals surface area contributed by atoms with Gasteiger partial charge < -0.3 is 4.74 Å². The first-order valence-corrected chi connectivity index (χ1v) is 10.2. The molecule has 0 aromatic heterocycles. The van der Waals surface area contributed by atoms with Gasteiger partial charge in [-0.1, -0.05) is 41.6 Å². The molecule has 2 rings (SSSR count). The van der Waals surface area contributed by atoms with Crippen LogP contribution in [0.15, 0.2) is 53.4 Å². The summed E-state index contributed by atoms with van der Waals surface area (Å²) in [5.74, 6) is 5.70. The van der Waals surface area contributed by atoms with E-state index in [0.717, 1.165) is 6.42 Å². The summed E-state index contributed by atoms with van der Waals surface area (Å²) in [5.41, 5.74) is 0.861. The second-order valence-corrected chi connectivity index (χ2v) is 7.81. The average Bonchev–Trinajstić information content (AvgIpc) is 2.66. The van der Waals surface area contributed by atoms with Gasteiger partial charge in [0.2, 0.25) is 0 Å². The minimum absolute atomic E-state index is 0.168. The van der Waals surface area contributed by atoms with Crippen LogP contribution >= 0.6 is 11.6 Å². The molecular formula is C20H20ClNO4S. The van der Waals surface area contributed by atoms with Crippen LogP contribution in [0.2, 0.25) is 5.02 Å². The highest BCUT2D eigenvalue weighted by atomic mass is 35.5. The van der Waals surface area contributed by atoms with E-state index in [-0.39, 0.29) is 10.9 Å². The van der Waals surface area contributed by atoms with Crippen LogP contribution in [0.1, 0.15) is 31.2 Å². The average molecular weight is 406 g/mol. The zero-order chi connectivity index (χ0) is 19.7. The van der Waals surface area contributed by atoms with Crippen molar-refractivity contribution in [2.24, 2.45) is 0 Å². The lowest BCUT2D eigenvalue weighted by Crippen LogP contribution is -2.13. The molecule has 0 saturated carbocycles. The smallest absolute Gasteiger partial charge is 0.305 e. The lowest BCUT2D eigenvalue weighted by Gasteiger charge is -2.10. The summed E-state index contributed by atoms with van der Waals surface area (Å²) in [6, 6.07) is 12.9. The molecule has 7 heteroatoms. The summed E-state index contributed by atoms with van der Waals surface area (Å²) < 4.78 is 32.2. The molecule has 0 aliphatic rings. The Balaban J connectivity index is 2.09. The number of benzene rings is 2. The van der Waals surface area contributed by atoms with Crippen LogP contribution in [0.25, 0.3) is 0 Å². The summed E-state index contributed by atoms with van der Waals surface area (Å²) in [5, 5.41) is 0.465. The van der Waals surface area contributed by atoms with Crippen LogP contribution in [-0.2, 0) is 19.6 Å². The zero-order valence-corrected chi connectivity index (χ0v) is 16.4. The fourth-order valence-corrected chi connectivity index (χ4v) is 3.53. The molecule has 0 heterocycles. The molecule has 27 heavy (non-hydrogen) atoms. The van der Waals surface area contributed by atoms with Crippen molar-refractivity contribution < 1.29 is 17.9 Å². The molecule has 0 saturated heterocycles. The number of rotatable bonds is 7. The molecular weight excluding hydrogens is 386 g/mol. The Bertz CT molecular complexity index is 947. The molecule has 0 fully saturated rings. The molecule has 0 amide bonds. The van der Waals surface area contributed by atoms with Crippen molar-refractivity contribution in [3.05, 3.63) is 59.1 Å². The Morgan fingerprint density at radius 3 is 2.59 bits per heavy atom. The zero-order valence-electron chi connectivity index (χ0n) is 14.9. The normalized spacial score (nSPS) is 10.6. The van der Waals surface area contributed by atoms with E-state index in [0.29, 0.717) is 35.5 Å². The molecule has 0 unspecified atom stereocenters. The second-order valence-electron chi connectivity index (χ2n) is 5.69. The maximum absolute atomic E-state index is 12.5. The van der Waals surface area contributed by atoms with Crippen molar-refractivity contribution in [2.75, 3.05) is 11.8 Å². The van der Waals surface area contributed by atoms with E-state index in [1.165, 1.54) is 19.2 Å². The summed E-state index contributed by atoms with van der Waals surface area (Å²) >= 11 is 6.02. The van der Waals surface area contributed by atoms with Gasteiger partial charge in [-0.3, -0.25) is 9.52 Å². The van der Waals surface area contributed by atoms with Gasteiger partial charge in [0.15, 0.2) is 0 Å². The fourth-order valence-electron chi connectivity index (χ4n) is 2.25. The minimum Gasteiger partial charge on any atom is -0.469 e. The Morgan fingerprint density at radius 2 is 1.89 bits per heavy atom. The fraction of sp³-hybridized carbons (Fsp3) is 0.250. The maximum atomic E-state index is 12.5. The number of ether oxygens (including phenoxy) is 1. The standard InChI is InChI=1S/C20H20ClNO4S/c1-26-20(23)12-8-3-2-5-9-16-15-17(21)13-14-19(16)22-27(24,25)18-10-6-4-7-11-18/h4,6-7,10-11,13-15,22H,2-3,8,12H2,1H3. The van der Waals surface area contributed by atoms with Gasteiger partial charge >= 0.3 is 5.97 Å². The number of anilines is 1. The molecule has 1 N–H and O–H groups in total. The van der Waals surface area contributed by atoms with Gasteiger partial charge in [0, 0.05) is 17.9 Å². The lowest BCUT2D eigenvalue weighted by atomic mass is 10.1. The third kappa shape index (κ3) is 6.63. The highest BCUT2D eigenvalue weighted by Crippen LogP contribution is 2.23. The lowest BCUT2D eigenvalue weighted by molar-refractivity contribution is -0.140. The Labute approximate surface area is 164 Å². The van der Waals surface area contributed by atoms with Gasteiger partial charge in [-0.05, 0) is 43.2 Å². The van der Waals surface area contributed by atoms with E-state index in [9.17, 15) is 13.2 Å². The number of methoxy groups -OCH3 is 1. The number of carbonyl (C=O) groups is 1. The van der Waals surface area contributed by atoms with Crippen molar-refractivity contribution in [3.63, 3.8) is 0 Å². The molecule has 142 valence electrons. The molecule has 5 nitrogen and oxygen atoms in total. The Hall–Kier alpha value is -2.49. The van der Waals surface area contributed by atoms with Crippen molar-refractivity contribution in [1.29, 1.82) is 0 Å². The maximum Gasteiger partial charge on any atom is 0.305 e. The third-order valence-corrected chi connectivity index (χ3v) is 5.28. The first-order valence-electron chi connectivity index (χ1n) is 8.35. The van der Waals surface area contributed by atoms with Crippen LogP contribution in [0, 0.1) is 11.8 Å². The number of hydrogen-bond acceptors (Lipinski definition) is 4. The Morgan fingerprint density at radius 1 is 1.15 bits per heavy atom. The molecule has 0 bridgehead atoms. The van der Waals surface area contributed by atoms with Gasteiger partial charge in [-0.15, -0.1) is 0 Å². The summed E-state index contributed by atoms with van der Waals surface area (Å²) in [4.78, 5) is 11.2. The Kier molecular flexibility index (Phi) is 7.71. The SMILES string of the molecule is COC(=O)CCCCC#Cc1cc(Cl)ccc1NS(=O)(=O)c1ccccc1. The minimum atomic E-state index is -3.71. The molecule has 0 aliphatic heterocycles. The molecule has 0 aliphatic carbocycles. The third-order valence-electron chi connectivity index (χ3n) is 3.66. The number of sulfonamides is 1. The predicted octanol–water partition coefficient (Wildman–Crippen LogP) is 4.23. The number of nitrogens with one attached hydrogen (secondary N) is 1. The topological polar surface area (TPSA) is 72.5 Å². The van der Waals surface area contributed by atoms with E-state index in [2.05, 4.69) is 21.3 Å². The number of esters is 1. The number of unbranched alkanes of at least 4 members (excludes halogenated alkanes) is 2. The molecule has 0 atom stereocenters. The van der Waals surface area contributed by atoms with E-state index < -0.39 is 10.0 Å². The van der Waals surface area contributed by atoms with Crippen molar-refractivity contribution in [3.8, 4) is 11.8 Å². The van der Waals surface area contributed by atoms with Gasteiger partial charge in [0.1, 0.15) is 0 Å². The summed E-state index contributed by atoms with van der Waals surface area (Å²) in [6.07, 6.45) is 2.37. The van der Waals surface area contributed by atoms with Crippen LogP contribution in [0.3, 0.4) is 0 Å². The highest BCUT2D eigenvalue weighted by Gasteiger charge is 2.15. The number of hydrogen-bond donors (Lipinski definition) is 1. The summed E-state index contributed by atoms with van der Waals surface area (Å²) in [7, 11) is -2.35. The van der Waals surface area contributed by atoms with Crippen molar-refractivity contribution in [2.45, 2.75) is 30.6 Å². The number of carbonyl (C=O) groups excluding carboxylic acids is 1. The van der Waals surface area contributed by atoms with E-state index in [1.807, 2.05) is 0 Å². The first-order chi connectivity index (χ1) is 12.9. The van der Waals surface area contributed by atoms with E-state index >= 15 is 0 Å². The van der Waals surface area contributed by atoms with Gasteiger partial charge in [0.25, 0.3) is 10.0 Å². The van der Waals surface area contributed by atoms with Gasteiger partial charge in [-0.25, -0.2) is 8.42 Å². The highest BCUT2D eigenvalue weighted by molar-refractivity contribution is 7.92. The predicted molar refractivity (Wildman–Crippen MR) is 106 cm³/mol. The van der Waals surface area contributed by atoms with Crippen LogP contribution < -0.4 is 4.72 Å². The quantitative estimate of drug-likeness (QED) is 0.425. The summed E-state index contributed by atoms with van der Waals surface area (Å²) in [6.45, 7) is 0. The van der Waals surface area contributed by atoms with E-state index in [4.69, 9.17) is 11.6 Å². The molecule has 0 spiro atoms. The van der Waals surface area contributed by atoms with Gasteiger partial charge in [-0.2, -0.15) is 0 Å². The molecule has 0 radical (unpaired) electrons. The van der Waals surface area contributed by atoms with Crippen molar-refractivity contribution in [1.82, 2.24) is 0 Å². The van der Waals surface area contributed by atoms with Gasteiger partial charge in [0.05, 0.1) is 23.3 Å². The molecule has 2 aromatic carbocycles. The van der Waals surface area contributed by atoms with Crippen LogP contribution in [-0.4, -0.2) is 21.5 Å².